The molecule has 0 amide bonds. The number of methoxy groups -OCH3 is 1. The Kier molecular flexibility index (Phi) is 5.55. The van der Waals surface area contributed by atoms with Crippen LogP contribution >= 0.6 is 24.8 Å². The zero-order valence-corrected chi connectivity index (χ0v) is 14.2. The van der Waals surface area contributed by atoms with Gasteiger partial charge in [0.1, 0.15) is 5.75 Å². The first-order valence-corrected chi connectivity index (χ1v) is 7.31. The Balaban J connectivity index is 0.000000882. The van der Waals surface area contributed by atoms with E-state index in [4.69, 9.17) is 4.74 Å². The number of H-pyrrole nitrogens is 1. The van der Waals surface area contributed by atoms with Gasteiger partial charge in [0.25, 0.3) is 0 Å². The van der Waals surface area contributed by atoms with Gasteiger partial charge >= 0.3 is 0 Å². The fourth-order valence-corrected chi connectivity index (χ4v) is 3.63. The summed E-state index contributed by atoms with van der Waals surface area (Å²) in [5, 5.41) is 12.3. The number of halogens is 2. The van der Waals surface area contributed by atoms with E-state index in [-0.39, 0.29) is 24.8 Å². The minimum Gasteiger partial charge on any atom is -0.497 e. The number of nitrogens with zero attached hydrogens (tertiary/aromatic N) is 2. The maximum atomic E-state index is 5.32. The lowest BCUT2D eigenvalue weighted by molar-refractivity contribution is 0.242. The zero-order valence-electron chi connectivity index (χ0n) is 12.5. The van der Waals surface area contributed by atoms with E-state index >= 15 is 0 Å². The lowest BCUT2D eigenvalue weighted by Crippen LogP contribution is -2.33. The van der Waals surface area contributed by atoms with E-state index in [0.29, 0.717) is 6.04 Å². The fraction of sp³-hybridized carbons (Fsp3) is 0.533. The summed E-state index contributed by atoms with van der Waals surface area (Å²) in [6.45, 7) is 4.45. The Morgan fingerprint density at radius 1 is 1.32 bits per heavy atom. The van der Waals surface area contributed by atoms with Crippen molar-refractivity contribution in [1.29, 1.82) is 0 Å². The summed E-state index contributed by atoms with van der Waals surface area (Å²) in [6.07, 6.45) is 1.31. The molecule has 2 aliphatic rings. The second-order valence-corrected chi connectivity index (χ2v) is 5.83. The lowest BCUT2D eigenvalue weighted by atomic mass is 10.1. The van der Waals surface area contributed by atoms with Crippen molar-refractivity contribution in [3.8, 4) is 5.75 Å². The number of aromatic nitrogens is 2. The van der Waals surface area contributed by atoms with Gasteiger partial charge in [-0.05, 0) is 43.6 Å². The van der Waals surface area contributed by atoms with E-state index in [1.54, 1.807) is 7.11 Å². The maximum absolute atomic E-state index is 5.32. The highest BCUT2D eigenvalue weighted by Crippen LogP contribution is 2.30. The van der Waals surface area contributed by atoms with Gasteiger partial charge in [-0.3, -0.25) is 10.00 Å². The molecule has 0 saturated carbocycles. The molecule has 7 heteroatoms. The first-order chi connectivity index (χ1) is 9.85. The molecule has 0 spiro atoms. The summed E-state index contributed by atoms with van der Waals surface area (Å²) in [6, 6.07) is 6.74. The second-order valence-electron chi connectivity index (χ2n) is 5.83. The molecule has 2 N–H and O–H groups in total. The van der Waals surface area contributed by atoms with Crippen LogP contribution in [0.25, 0.3) is 10.9 Å². The SMILES string of the molecule is COc1ccc2n[nH]c(CN3CC[C@H]4CNC[C@H]43)c2c1.Cl.Cl. The number of rotatable bonds is 3. The van der Waals surface area contributed by atoms with Gasteiger partial charge in [0, 0.05) is 24.5 Å². The zero-order chi connectivity index (χ0) is 13.5. The minimum atomic E-state index is 0. The number of hydrogen-bond acceptors (Lipinski definition) is 4. The molecule has 2 fully saturated rings. The summed E-state index contributed by atoms with van der Waals surface area (Å²) in [4.78, 5) is 2.58. The largest absolute Gasteiger partial charge is 0.497 e. The minimum absolute atomic E-state index is 0. The first kappa shape index (κ1) is 17.3. The molecule has 122 valence electrons. The van der Waals surface area contributed by atoms with Crippen LogP contribution < -0.4 is 10.1 Å². The summed E-state index contributed by atoms with van der Waals surface area (Å²) in [7, 11) is 1.70. The van der Waals surface area contributed by atoms with Crippen LogP contribution in [-0.4, -0.2) is 47.9 Å². The molecule has 2 atom stereocenters. The highest BCUT2D eigenvalue weighted by molar-refractivity contribution is 5.85. The smallest absolute Gasteiger partial charge is 0.119 e. The van der Waals surface area contributed by atoms with E-state index in [2.05, 4.69) is 26.5 Å². The molecule has 0 radical (unpaired) electrons. The predicted octanol–water partition coefficient (Wildman–Crippen LogP) is 2.21. The molecule has 1 aromatic heterocycles. The van der Waals surface area contributed by atoms with Crippen molar-refractivity contribution in [2.45, 2.75) is 19.0 Å². The molecule has 0 unspecified atom stereocenters. The quantitative estimate of drug-likeness (QED) is 0.896. The van der Waals surface area contributed by atoms with Gasteiger partial charge < -0.3 is 10.1 Å². The van der Waals surface area contributed by atoms with Crippen LogP contribution in [0.2, 0.25) is 0 Å². The summed E-state index contributed by atoms with van der Waals surface area (Å²) in [5.41, 5.74) is 2.22. The topological polar surface area (TPSA) is 53.2 Å². The number of hydrogen-bond donors (Lipinski definition) is 2. The monoisotopic (exact) mass is 344 g/mol. The Hall–Kier alpha value is -1.01. The van der Waals surface area contributed by atoms with Crippen LogP contribution in [0.3, 0.4) is 0 Å². The molecule has 0 aliphatic carbocycles. The van der Waals surface area contributed by atoms with Gasteiger partial charge in [0.2, 0.25) is 0 Å². The molecule has 3 heterocycles. The van der Waals surface area contributed by atoms with Gasteiger partial charge in [-0.2, -0.15) is 5.10 Å². The van der Waals surface area contributed by atoms with E-state index in [9.17, 15) is 0 Å². The number of fused-ring (bicyclic) bond motifs is 2. The summed E-state index contributed by atoms with van der Waals surface area (Å²) >= 11 is 0. The number of aromatic amines is 1. The van der Waals surface area contributed by atoms with Gasteiger partial charge in [0.15, 0.2) is 0 Å². The van der Waals surface area contributed by atoms with Crippen LogP contribution in [0.1, 0.15) is 12.1 Å². The van der Waals surface area contributed by atoms with Crippen LogP contribution in [-0.2, 0) is 6.54 Å². The van der Waals surface area contributed by atoms with Gasteiger partial charge in [0.05, 0.1) is 18.3 Å². The number of likely N-dealkylation sites (tertiary alicyclic amines) is 1. The van der Waals surface area contributed by atoms with Crippen LogP contribution in [0.4, 0.5) is 0 Å². The number of nitrogens with one attached hydrogen (secondary N) is 2. The number of ether oxygens (including phenoxy) is 1. The molecule has 4 rings (SSSR count). The summed E-state index contributed by atoms with van der Waals surface area (Å²) < 4.78 is 5.32. The van der Waals surface area contributed by atoms with Crippen molar-refractivity contribution < 1.29 is 4.74 Å². The fourth-order valence-electron chi connectivity index (χ4n) is 3.63. The highest BCUT2D eigenvalue weighted by Gasteiger charge is 2.37. The van der Waals surface area contributed by atoms with Gasteiger partial charge in [-0.15, -0.1) is 24.8 Å². The second kappa shape index (κ2) is 7.04. The molecule has 2 aromatic rings. The maximum Gasteiger partial charge on any atom is 0.119 e. The van der Waals surface area contributed by atoms with E-state index in [1.807, 2.05) is 12.1 Å². The standard InChI is InChI=1S/C15H20N4O.2ClH/c1-20-11-2-3-13-12(6-11)14(18-17-13)9-19-5-4-10-7-16-8-15(10)19;;/h2-3,6,10,15-16H,4-5,7-9H2,1H3,(H,17,18);2*1H/t10-,15+;;/m0../s1. The van der Waals surface area contributed by atoms with Crippen molar-refractivity contribution in [2.24, 2.45) is 5.92 Å². The van der Waals surface area contributed by atoms with Crippen LogP contribution in [0.5, 0.6) is 5.75 Å². The Morgan fingerprint density at radius 2 is 2.18 bits per heavy atom. The molecule has 2 saturated heterocycles. The number of benzene rings is 1. The van der Waals surface area contributed by atoms with Crippen molar-refractivity contribution in [2.75, 3.05) is 26.7 Å². The van der Waals surface area contributed by atoms with E-state index < -0.39 is 0 Å². The van der Waals surface area contributed by atoms with Crippen LogP contribution in [0, 0.1) is 5.92 Å². The average Bonchev–Trinajstić information content (AvgIpc) is 3.16. The molecule has 5 nitrogen and oxygen atoms in total. The lowest BCUT2D eigenvalue weighted by Gasteiger charge is -2.22. The van der Waals surface area contributed by atoms with Crippen molar-refractivity contribution >= 4 is 35.7 Å². The molecule has 0 bridgehead atoms. The third-order valence-corrected chi connectivity index (χ3v) is 4.76. The molecule has 1 aromatic carbocycles. The highest BCUT2D eigenvalue weighted by atomic mass is 35.5. The normalized spacial score (nSPS) is 23.9. The van der Waals surface area contributed by atoms with E-state index in [1.165, 1.54) is 30.6 Å². The predicted molar refractivity (Wildman–Crippen MR) is 92.3 cm³/mol. The van der Waals surface area contributed by atoms with Gasteiger partial charge in [-0.25, -0.2) is 0 Å². The first-order valence-electron chi connectivity index (χ1n) is 7.31. The van der Waals surface area contributed by atoms with Crippen LogP contribution in [0.15, 0.2) is 18.2 Å². The Morgan fingerprint density at radius 3 is 3.00 bits per heavy atom. The molecule has 2 aliphatic heterocycles. The van der Waals surface area contributed by atoms with Crippen molar-refractivity contribution in [1.82, 2.24) is 20.4 Å². The van der Waals surface area contributed by atoms with Crippen molar-refractivity contribution in [3.63, 3.8) is 0 Å². The average molecular weight is 345 g/mol. The third-order valence-electron chi connectivity index (χ3n) is 4.76. The van der Waals surface area contributed by atoms with Gasteiger partial charge in [-0.1, -0.05) is 0 Å². The molecular formula is C15H22Cl2N4O. The van der Waals surface area contributed by atoms with E-state index in [0.717, 1.165) is 30.3 Å². The molecular weight excluding hydrogens is 323 g/mol. The van der Waals surface area contributed by atoms with Crippen molar-refractivity contribution in [3.05, 3.63) is 23.9 Å². The molecule has 22 heavy (non-hydrogen) atoms. The summed E-state index contributed by atoms with van der Waals surface area (Å²) in [5.74, 6) is 1.72. The Labute approximate surface area is 142 Å². The third kappa shape index (κ3) is 2.91. The Bertz CT molecular complexity index is 633.